The minimum atomic E-state index is -3.61. The Balaban J connectivity index is 3.02. The molecule has 0 aliphatic heterocycles. The summed E-state index contributed by atoms with van der Waals surface area (Å²) in [7, 11) is -2.05. The first-order valence-electron chi connectivity index (χ1n) is 5.72. The van der Waals surface area contributed by atoms with Crippen molar-refractivity contribution in [3.63, 3.8) is 0 Å². The molecule has 0 amide bonds. The van der Waals surface area contributed by atoms with Crippen LogP contribution in [0.15, 0.2) is 27.6 Å². The van der Waals surface area contributed by atoms with E-state index >= 15 is 0 Å². The van der Waals surface area contributed by atoms with Crippen molar-refractivity contribution in [2.45, 2.75) is 24.3 Å². The lowest BCUT2D eigenvalue weighted by molar-refractivity contribution is 0.382. The van der Waals surface area contributed by atoms with E-state index in [0.29, 0.717) is 0 Å². The summed E-state index contributed by atoms with van der Waals surface area (Å²) in [6.45, 7) is 1.87. The van der Waals surface area contributed by atoms with Gasteiger partial charge in [0.05, 0.1) is 4.90 Å². The van der Waals surface area contributed by atoms with Crippen molar-refractivity contribution in [3.05, 3.63) is 28.5 Å². The van der Waals surface area contributed by atoms with Crippen LogP contribution in [-0.2, 0) is 10.0 Å². The Bertz CT molecular complexity index is 537. The molecule has 0 heterocycles. The molecule has 3 nitrogen and oxygen atoms in total. The van der Waals surface area contributed by atoms with Crippen LogP contribution in [0, 0.1) is 5.82 Å². The molecule has 19 heavy (non-hydrogen) atoms. The SMILES string of the molecule is CSCCC(C)N(C)S(=O)(=O)c1ccc(F)cc1Br. The van der Waals surface area contributed by atoms with Gasteiger partial charge >= 0.3 is 0 Å². The quantitative estimate of drug-likeness (QED) is 0.771. The van der Waals surface area contributed by atoms with Crippen molar-refractivity contribution in [2.24, 2.45) is 0 Å². The number of halogens is 2. The summed E-state index contributed by atoms with van der Waals surface area (Å²) < 4.78 is 39.5. The largest absolute Gasteiger partial charge is 0.244 e. The topological polar surface area (TPSA) is 37.4 Å². The van der Waals surface area contributed by atoms with Crippen molar-refractivity contribution < 1.29 is 12.8 Å². The molecule has 0 saturated heterocycles. The summed E-state index contributed by atoms with van der Waals surface area (Å²) in [5.74, 6) is 0.426. The van der Waals surface area contributed by atoms with E-state index in [0.717, 1.165) is 24.3 Å². The van der Waals surface area contributed by atoms with E-state index < -0.39 is 15.8 Å². The van der Waals surface area contributed by atoms with E-state index in [1.165, 1.54) is 10.4 Å². The first kappa shape index (κ1) is 16.9. The maximum Gasteiger partial charge on any atom is 0.244 e. The molecular formula is C12H17BrFNO2S2. The van der Waals surface area contributed by atoms with Crippen LogP contribution in [0.3, 0.4) is 0 Å². The molecule has 1 aromatic carbocycles. The van der Waals surface area contributed by atoms with E-state index in [1.54, 1.807) is 18.8 Å². The standard InChI is InChI=1S/C12H17BrFNO2S2/c1-9(6-7-18-3)15(2)19(16,17)12-5-4-10(14)8-11(12)13/h4-5,8-9H,6-7H2,1-3H3. The van der Waals surface area contributed by atoms with E-state index in [9.17, 15) is 12.8 Å². The second-order valence-electron chi connectivity index (χ2n) is 4.23. The summed E-state index contributed by atoms with van der Waals surface area (Å²) in [4.78, 5) is 0.0902. The number of thioether (sulfide) groups is 1. The number of sulfonamides is 1. The molecule has 0 saturated carbocycles. The van der Waals surface area contributed by atoms with Crippen LogP contribution in [0.2, 0.25) is 0 Å². The zero-order valence-electron chi connectivity index (χ0n) is 11.1. The van der Waals surface area contributed by atoms with Gasteiger partial charge in [0.25, 0.3) is 0 Å². The number of rotatable bonds is 6. The Morgan fingerprint density at radius 3 is 2.63 bits per heavy atom. The van der Waals surface area contributed by atoms with Crippen LogP contribution in [0.5, 0.6) is 0 Å². The van der Waals surface area contributed by atoms with Gasteiger partial charge in [-0.05, 0) is 59.5 Å². The summed E-state index contributed by atoms with van der Waals surface area (Å²) in [6, 6.07) is 3.49. The van der Waals surface area contributed by atoms with Crippen LogP contribution >= 0.6 is 27.7 Å². The van der Waals surface area contributed by atoms with E-state index in [-0.39, 0.29) is 15.4 Å². The first-order chi connectivity index (χ1) is 8.80. The zero-order valence-corrected chi connectivity index (χ0v) is 14.3. The van der Waals surface area contributed by atoms with Gasteiger partial charge in [-0.3, -0.25) is 0 Å². The smallest absolute Gasteiger partial charge is 0.207 e. The molecular weight excluding hydrogens is 353 g/mol. The number of benzene rings is 1. The molecule has 1 atom stereocenters. The molecule has 0 spiro atoms. The fourth-order valence-corrected chi connectivity index (χ4v) is 4.52. The summed E-state index contributed by atoms with van der Waals surface area (Å²) in [5, 5.41) is 0. The summed E-state index contributed by atoms with van der Waals surface area (Å²) in [6.07, 6.45) is 2.76. The Kier molecular flexibility index (Phi) is 6.29. The van der Waals surface area contributed by atoms with Crippen molar-refractivity contribution >= 4 is 37.7 Å². The maximum absolute atomic E-state index is 13.0. The first-order valence-corrected chi connectivity index (χ1v) is 9.35. The maximum atomic E-state index is 13.0. The Morgan fingerprint density at radius 1 is 1.47 bits per heavy atom. The molecule has 0 aliphatic carbocycles. The van der Waals surface area contributed by atoms with Gasteiger partial charge in [-0.25, -0.2) is 12.8 Å². The fourth-order valence-electron chi connectivity index (χ4n) is 1.55. The Labute approximate surface area is 126 Å². The molecule has 0 aromatic heterocycles. The molecule has 0 fully saturated rings. The van der Waals surface area contributed by atoms with Crippen LogP contribution < -0.4 is 0 Å². The lowest BCUT2D eigenvalue weighted by Crippen LogP contribution is -2.35. The second-order valence-corrected chi connectivity index (χ2v) is 8.03. The van der Waals surface area contributed by atoms with Gasteiger partial charge in [0.1, 0.15) is 5.82 Å². The highest BCUT2D eigenvalue weighted by atomic mass is 79.9. The van der Waals surface area contributed by atoms with Gasteiger partial charge in [0, 0.05) is 17.6 Å². The van der Waals surface area contributed by atoms with Crippen LogP contribution in [0.1, 0.15) is 13.3 Å². The predicted molar refractivity (Wildman–Crippen MR) is 81.5 cm³/mol. The number of hydrogen-bond donors (Lipinski definition) is 0. The third-order valence-corrected chi connectivity index (χ3v) is 6.50. The predicted octanol–water partition coefficient (Wildman–Crippen LogP) is 3.35. The van der Waals surface area contributed by atoms with Gasteiger partial charge in [-0.15, -0.1) is 0 Å². The lowest BCUT2D eigenvalue weighted by atomic mass is 10.3. The highest BCUT2D eigenvalue weighted by Gasteiger charge is 2.27. The van der Waals surface area contributed by atoms with Gasteiger partial charge in [0.2, 0.25) is 10.0 Å². The molecule has 1 unspecified atom stereocenters. The average Bonchev–Trinajstić information content (AvgIpc) is 2.34. The zero-order chi connectivity index (χ0) is 14.6. The average molecular weight is 370 g/mol. The van der Waals surface area contributed by atoms with Crippen LogP contribution in [0.4, 0.5) is 4.39 Å². The summed E-state index contributed by atoms with van der Waals surface area (Å²) >= 11 is 4.78. The van der Waals surface area contributed by atoms with Crippen molar-refractivity contribution in [3.8, 4) is 0 Å². The van der Waals surface area contributed by atoms with Crippen molar-refractivity contribution in [2.75, 3.05) is 19.1 Å². The number of nitrogens with zero attached hydrogens (tertiary/aromatic N) is 1. The summed E-state index contributed by atoms with van der Waals surface area (Å²) in [5.41, 5.74) is 0. The normalized spacial score (nSPS) is 13.8. The van der Waals surface area contributed by atoms with Crippen LogP contribution in [0.25, 0.3) is 0 Å². The molecule has 0 bridgehead atoms. The third-order valence-electron chi connectivity index (χ3n) is 2.91. The highest BCUT2D eigenvalue weighted by molar-refractivity contribution is 9.10. The third kappa shape index (κ3) is 4.18. The van der Waals surface area contributed by atoms with Gasteiger partial charge < -0.3 is 0 Å². The van der Waals surface area contributed by atoms with Crippen molar-refractivity contribution in [1.29, 1.82) is 0 Å². The molecule has 1 rings (SSSR count). The molecule has 1 aromatic rings. The highest BCUT2D eigenvalue weighted by Crippen LogP contribution is 2.26. The Morgan fingerprint density at radius 2 is 2.11 bits per heavy atom. The van der Waals surface area contributed by atoms with Gasteiger partial charge in [-0.2, -0.15) is 16.1 Å². The van der Waals surface area contributed by atoms with Crippen molar-refractivity contribution in [1.82, 2.24) is 4.31 Å². The van der Waals surface area contributed by atoms with Gasteiger partial charge in [-0.1, -0.05) is 0 Å². The minimum absolute atomic E-state index is 0.0902. The second kappa shape index (κ2) is 7.06. The Hall–Kier alpha value is -0.110. The molecule has 108 valence electrons. The molecule has 0 N–H and O–H groups in total. The molecule has 0 aliphatic rings. The van der Waals surface area contributed by atoms with E-state index in [1.807, 2.05) is 13.2 Å². The lowest BCUT2D eigenvalue weighted by Gasteiger charge is -2.24. The van der Waals surface area contributed by atoms with E-state index in [4.69, 9.17) is 0 Å². The minimum Gasteiger partial charge on any atom is -0.207 e. The monoisotopic (exact) mass is 369 g/mol. The molecule has 7 heteroatoms. The number of hydrogen-bond acceptors (Lipinski definition) is 3. The fraction of sp³-hybridized carbons (Fsp3) is 0.500. The van der Waals surface area contributed by atoms with Gasteiger partial charge in [0.15, 0.2) is 0 Å². The van der Waals surface area contributed by atoms with Crippen LogP contribution in [-0.4, -0.2) is 37.8 Å². The van der Waals surface area contributed by atoms with E-state index in [2.05, 4.69) is 15.9 Å². The molecule has 0 radical (unpaired) electrons.